The average Bonchev–Trinajstić information content (AvgIpc) is 2.49. The highest BCUT2D eigenvalue weighted by Gasteiger charge is 2.04. The third-order valence-electron chi connectivity index (χ3n) is 1.35. The van der Waals surface area contributed by atoms with Gasteiger partial charge in [-0.15, -0.1) is 0 Å². The number of rotatable bonds is 4. The van der Waals surface area contributed by atoms with Crippen LogP contribution in [0.25, 0.3) is 0 Å². The van der Waals surface area contributed by atoms with Gasteiger partial charge < -0.3 is 9.84 Å². The minimum absolute atomic E-state index is 0.0640. The maximum atomic E-state index is 11.0. The van der Waals surface area contributed by atoms with E-state index in [9.17, 15) is 4.79 Å². The number of thiol groups is 1. The lowest BCUT2D eigenvalue weighted by Gasteiger charge is -1.98. The summed E-state index contributed by atoms with van der Waals surface area (Å²) in [6.45, 7) is 2.01. The predicted octanol–water partition coefficient (Wildman–Crippen LogP) is 0.314. The molecular formula is C7H11N3O2S. The summed E-state index contributed by atoms with van der Waals surface area (Å²) in [5.74, 6) is 1.46. The van der Waals surface area contributed by atoms with Gasteiger partial charge in [0.15, 0.2) is 5.82 Å². The molecule has 0 atom stereocenters. The maximum Gasteiger partial charge on any atom is 0.246 e. The minimum atomic E-state index is -0.0640. The maximum absolute atomic E-state index is 11.0. The third-order valence-corrected chi connectivity index (χ3v) is 1.57. The van der Waals surface area contributed by atoms with Crippen molar-refractivity contribution >= 4 is 18.5 Å². The van der Waals surface area contributed by atoms with Gasteiger partial charge in [-0.1, -0.05) is 5.16 Å². The Morgan fingerprint density at radius 1 is 1.69 bits per heavy atom. The van der Waals surface area contributed by atoms with Crippen LogP contribution in [0.3, 0.4) is 0 Å². The molecule has 0 bridgehead atoms. The summed E-state index contributed by atoms with van der Waals surface area (Å²) in [7, 11) is 0. The van der Waals surface area contributed by atoms with Crippen molar-refractivity contribution in [2.24, 2.45) is 0 Å². The molecule has 0 fully saturated rings. The molecule has 13 heavy (non-hydrogen) atoms. The number of nitrogens with one attached hydrogen (secondary N) is 1. The molecule has 0 unspecified atom stereocenters. The summed E-state index contributed by atoms with van der Waals surface area (Å²) in [6.07, 6.45) is 0.399. The molecule has 0 aliphatic rings. The van der Waals surface area contributed by atoms with Crippen molar-refractivity contribution in [1.29, 1.82) is 0 Å². The molecular weight excluding hydrogens is 190 g/mol. The molecule has 0 aliphatic heterocycles. The molecule has 1 aromatic rings. The zero-order valence-electron chi connectivity index (χ0n) is 7.28. The molecule has 1 rings (SSSR count). The number of hydrogen-bond donors (Lipinski definition) is 2. The lowest BCUT2D eigenvalue weighted by molar-refractivity contribution is -0.120. The highest BCUT2D eigenvalue weighted by atomic mass is 32.1. The molecule has 1 heterocycles. The number of carbonyl (C=O) groups is 1. The van der Waals surface area contributed by atoms with Gasteiger partial charge in [0.25, 0.3) is 0 Å². The predicted molar refractivity (Wildman–Crippen MR) is 49.4 cm³/mol. The fourth-order valence-electron chi connectivity index (χ4n) is 0.776. The van der Waals surface area contributed by atoms with E-state index in [-0.39, 0.29) is 12.5 Å². The third kappa shape index (κ3) is 3.45. The average molecular weight is 201 g/mol. The van der Waals surface area contributed by atoms with Gasteiger partial charge in [-0.25, -0.2) is 0 Å². The van der Waals surface area contributed by atoms with E-state index in [2.05, 4.69) is 28.1 Å². The summed E-state index contributed by atoms with van der Waals surface area (Å²) in [6, 6.07) is 0. The number of aryl methyl sites for hydroxylation is 1. The van der Waals surface area contributed by atoms with Crippen LogP contribution in [-0.4, -0.2) is 21.8 Å². The normalized spacial score (nSPS) is 10.0. The highest BCUT2D eigenvalue weighted by molar-refractivity contribution is 7.80. The van der Waals surface area contributed by atoms with Crippen molar-refractivity contribution in [2.45, 2.75) is 19.9 Å². The first kappa shape index (κ1) is 10.0. The van der Waals surface area contributed by atoms with Crippen LogP contribution >= 0.6 is 12.6 Å². The number of carbonyl (C=O) groups excluding carboxylic acids is 1. The summed E-state index contributed by atoms with van der Waals surface area (Å²) in [5, 5.41) is 6.22. The van der Waals surface area contributed by atoms with Crippen molar-refractivity contribution in [1.82, 2.24) is 15.5 Å². The zero-order valence-corrected chi connectivity index (χ0v) is 8.17. The van der Waals surface area contributed by atoms with Gasteiger partial charge in [-0.05, 0) is 12.7 Å². The molecule has 0 saturated heterocycles. The summed E-state index contributed by atoms with van der Waals surface area (Å²) >= 11 is 3.93. The first-order valence-electron chi connectivity index (χ1n) is 3.89. The second kappa shape index (κ2) is 4.86. The van der Waals surface area contributed by atoms with E-state index in [1.54, 1.807) is 6.92 Å². The van der Waals surface area contributed by atoms with Gasteiger partial charge in [-0.2, -0.15) is 17.6 Å². The fraction of sp³-hybridized carbons (Fsp3) is 0.571. The molecule has 0 spiro atoms. The molecule has 1 amide bonds. The second-order valence-electron chi connectivity index (χ2n) is 2.49. The lowest BCUT2D eigenvalue weighted by Crippen LogP contribution is -2.22. The Bertz CT molecular complexity index is 287. The Hall–Kier alpha value is -1.04. The van der Waals surface area contributed by atoms with E-state index in [0.29, 0.717) is 23.9 Å². The van der Waals surface area contributed by atoms with Crippen molar-refractivity contribution in [3.63, 3.8) is 0 Å². The number of amides is 1. The molecule has 1 aromatic heterocycles. The first-order chi connectivity index (χ1) is 6.22. The summed E-state index contributed by atoms with van der Waals surface area (Å²) in [5.41, 5.74) is 0. The molecule has 6 heteroatoms. The topological polar surface area (TPSA) is 68.0 Å². The monoisotopic (exact) mass is 201 g/mol. The van der Waals surface area contributed by atoms with Crippen molar-refractivity contribution in [3.8, 4) is 0 Å². The molecule has 0 aliphatic carbocycles. The van der Waals surface area contributed by atoms with Gasteiger partial charge in [0.2, 0.25) is 11.8 Å². The van der Waals surface area contributed by atoms with Crippen LogP contribution in [0.4, 0.5) is 0 Å². The van der Waals surface area contributed by atoms with Gasteiger partial charge in [0, 0.05) is 6.42 Å². The van der Waals surface area contributed by atoms with Crippen LogP contribution in [0.1, 0.15) is 18.1 Å². The minimum Gasteiger partial charge on any atom is -0.347 e. The van der Waals surface area contributed by atoms with E-state index in [1.165, 1.54) is 0 Å². The van der Waals surface area contributed by atoms with Gasteiger partial charge in [0.1, 0.15) is 0 Å². The number of aromatic nitrogens is 2. The summed E-state index contributed by atoms with van der Waals surface area (Å²) in [4.78, 5) is 14.9. The number of nitrogens with zero attached hydrogens (tertiary/aromatic N) is 2. The van der Waals surface area contributed by atoms with Crippen molar-refractivity contribution < 1.29 is 9.32 Å². The van der Waals surface area contributed by atoms with Gasteiger partial charge in [0.05, 0.1) is 6.54 Å². The SMILES string of the molecule is Cc1noc(CNC(=O)CCS)n1. The van der Waals surface area contributed by atoms with Crippen molar-refractivity contribution in [3.05, 3.63) is 11.7 Å². The largest absolute Gasteiger partial charge is 0.347 e. The van der Waals surface area contributed by atoms with Crippen LogP contribution < -0.4 is 5.32 Å². The lowest BCUT2D eigenvalue weighted by atomic mass is 10.4. The Morgan fingerprint density at radius 2 is 2.46 bits per heavy atom. The van der Waals surface area contributed by atoms with Crippen molar-refractivity contribution in [2.75, 3.05) is 5.75 Å². The van der Waals surface area contributed by atoms with Gasteiger partial charge in [-0.3, -0.25) is 4.79 Å². The van der Waals surface area contributed by atoms with Crippen LogP contribution in [-0.2, 0) is 11.3 Å². The van der Waals surface area contributed by atoms with Crippen LogP contribution in [0.5, 0.6) is 0 Å². The smallest absolute Gasteiger partial charge is 0.246 e. The Labute approximate surface area is 81.3 Å². The Kier molecular flexibility index (Phi) is 3.75. The molecule has 0 radical (unpaired) electrons. The van der Waals surface area contributed by atoms with Crippen LogP contribution in [0.2, 0.25) is 0 Å². The molecule has 1 N–H and O–H groups in total. The van der Waals surface area contributed by atoms with E-state index in [4.69, 9.17) is 4.52 Å². The zero-order chi connectivity index (χ0) is 9.68. The van der Waals surface area contributed by atoms with E-state index >= 15 is 0 Å². The van der Waals surface area contributed by atoms with E-state index in [0.717, 1.165) is 0 Å². The van der Waals surface area contributed by atoms with Gasteiger partial charge >= 0.3 is 0 Å². The fourth-order valence-corrected chi connectivity index (χ4v) is 0.979. The number of hydrogen-bond acceptors (Lipinski definition) is 5. The van der Waals surface area contributed by atoms with Crippen LogP contribution in [0, 0.1) is 6.92 Å². The van der Waals surface area contributed by atoms with Crippen LogP contribution in [0.15, 0.2) is 4.52 Å². The quantitative estimate of drug-likeness (QED) is 0.688. The van der Waals surface area contributed by atoms with E-state index in [1.807, 2.05) is 0 Å². The standard InChI is InChI=1S/C7H11N3O2S/c1-5-9-7(12-10-5)4-8-6(11)2-3-13/h13H,2-4H2,1H3,(H,8,11). The molecule has 0 aromatic carbocycles. The second-order valence-corrected chi connectivity index (χ2v) is 2.93. The molecule has 0 saturated carbocycles. The Morgan fingerprint density at radius 3 is 3.00 bits per heavy atom. The Balaban J connectivity index is 2.30. The highest BCUT2D eigenvalue weighted by Crippen LogP contribution is 1.94. The first-order valence-corrected chi connectivity index (χ1v) is 4.52. The molecule has 5 nitrogen and oxygen atoms in total. The summed E-state index contributed by atoms with van der Waals surface area (Å²) < 4.78 is 4.80. The molecule has 72 valence electrons. The van der Waals surface area contributed by atoms with E-state index < -0.39 is 0 Å².